The molecule has 0 aliphatic carbocycles. The molecule has 0 unspecified atom stereocenters. The number of pyridine rings is 1. The Bertz CT molecular complexity index is 1060. The maximum absolute atomic E-state index is 7.34. The van der Waals surface area contributed by atoms with Gasteiger partial charge in [-0.05, 0) is 36.9 Å². The Hall–Kier alpha value is -3.68. The fourth-order valence-electron chi connectivity index (χ4n) is 2.53. The molecule has 0 amide bonds. The molecule has 8 nitrogen and oxygen atoms in total. The van der Waals surface area contributed by atoms with Crippen LogP contribution in [0.2, 0.25) is 0 Å². The Kier molecular flexibility index (Phi) is 5.46. The van der Waals surface area contributed by atoms with Crippen molar-refractivity contribution in [2.45, 2.75) is 13.3 Å². The topological polar surface area (TPSA) is 127 Å². The zero-order chi connectivity index (χ0) is 19.2. The predicted octanol–water partition coefficient (Wildman–Crippen LogP) is 2.31. The molecule has 3 aromatic rings. The van der Waals surface area contributed by atoms with Crippen molar-refractivity contribution in [3.8, 4) is 0 Å². The van der Waals surface area contributed by atoms with Crippen LogP contribution in [-0.2, 0) is 6.42 Å². The molecule has 1 aromatic carbocycles. The van der Waals surface area contributed by atoms with E-state index in [4.69, 9.17) is 11.1 Å². The second-order valence-corrected chi connectivity index (χ2v) is 5.91. The summed E-state index contributed by atoms with van der Waals surface area (Å²) in [5, 5.41) is 16.3. The summed E-state index contributed by atoms with van der Waals surface area (Å²) in [7, 11) is 1.70. The largest absolute Gasteiger partial charge is 0.404 e. The lowest BCUT2D eigenvalue weighted by Crippen LogP contribution is -1.95. The number of benzene rings is 1. The first-order valence-electron chi connectivity index (χ1n) is 8.27. The number of allylic oxidation sites excluding steroid dienone is 1. The number of nitrogens with one attached hydrogen (secondary N) is 1. The summed E-state index contributed by atoms with van der Waals surface area (Å²) in [6.07, 6.45) is 6.92. The molecule has 0 saturated carbocycles. The van der Waals surface area contributed by atoms with E-state index < -0.39 is 0 Å². The van der Waals surface area contributed by atoms with Gasteiger partial charge in [-0.15, -0.1) is 0 Å². The fraction of sp³-hybridized carbons (Fsp3) is 0.158. The van der Waals surface area contributed by atoms with Gasteiger partial charge in [-0.1, -0.05) is 6.07 Å². The maximum Gasteiger partial charge on any atom is 0.0907 e. The minimum absolute atomic E-state index is 0.262. The monoisotopic (exact) mass is 359 g/mol. The molecule has 0 fully saturated rings. The van der Waals surface area contributed by atoms with Gasteiger partial charge in [0.05, 0.1) is 11.5 Å². The van der Waals surface area contributed by atoms with Gasteiger partial charge in [-0.2, -0.15) is 0 Å². The third-order valence-corrected chi connectivity index (χ3v) is 3.75. The highest BCUT2D eigenvalue weighted by Crippen LogP contribution is 2.20. The van der Waals surface area contributed by atoms with Crippen LogP contribution in [0, 0.1) is 5.41 Å². The lowest BCUT2D eigenvalue weighted by atomic mass is 10.0. The van der Waals surface area contributed by atoms with E-state index in [1.807, 2.05) is 24.3 Å². The summed E-state index contributed by atoms with van der Waals surface area (Å²) >= 11 is 0. The molecule has 0 radical (unpaired) electrons. The van der Waals surface area contributed by atoms with Crippen LogP contribution < -0.4 is 10.7 Å². The van der Waals surface area contributed by atoms with Crippen LogP contribution in [0.3, 0.4) is 0 Å². The molecule has 27 heavy (non-hydrogen) atoms. The molecule has 136 valence electrons. The van der Waals surface area contributed by atoms with E-state index in [-0.39, 0.29) is 5.95 Å². The smallest absolute Gasteiger partial charge is 0.0907 e. The molecule has 0 saturated heterocycles. The van der Waals surface area contributed by atoms with Gasteiger partial charge in [0.25, 0.3) is 0 Å². The van der Waals surface area contributed by atoms with Crippen LogP contribution >= 0.6 is 0 Å². The summed E-state index contributed by atoms with van der Waals surface area (Å²) in [5.41, 5.74) is 9.65. The fourth-order valence-corrected chi connectivity index (χ4v) is 2.53. The molecule has 0 spiro atoms. The molecule has 3 N–H and O–H groups in total. The minimum Gasteiger partial charge on any atom is -0.404 e. The van der Waals surface area contributed by atoms with Gasteiger partial charge >= 0.3 is 0 Å². The molecule has 0 atom stereocenters. The lowest BCUT2D eigenvalue weighted by Gasteiger charge is -2.06. The number of aromatic nitrogens is 4. The maximum atomic E-state index is 7.34. The standard InChI is InChI=1S/C19H19N8/c1-12(21)9-24-19-25-18(26-27-19)6-13-3-4-17-14(5-13)7-15(11-23-17)16(8-20)10-22-2/h3-5,7-11,21H,6,20H2,1-2H3/q-1. The first kappa shape index (κ1) is 18.1. The number of aliphatic imine (C=N–C) groups is 2. The van der Waals surface area contributed by atoms with Crippen LogP contribution in [0.5, 0.6) is 0 Å². The normalized spacial score (nSPS) is 12.4. The Balaban J connectivity index is 1.86. The Morgan fingerprint density at radius 2 is 2.11 bits per heavy atom. The average molecular weight is 359 g/mol. The van der Waals surface area contributed by atoms with E-state index in [0.29, 0.717) is 18.0 Å². The van der Waals surface area contributed by atoms with Crippen molar-refractivity contribution in [1.29, 1.82) is 5.41 Å². The van der Waals surface area contributed by atoms with Gasteiger partial charge in [-0.25, -0.2) is 0 Å². The molecule has 0 aliphatic rings. The molecule has 3 rings (SSSR count). The predicted molar refractivity (Wildman–Crippen MR) is 108 cm³/mol. The van der Waals surface area contributed by atoms with Crippen LogP contribution in [0.15, 0.2) is 46.6 Å². The third-order valence-electron chi connectivity index (χ3n) is 3.75. The van der Waals surface area contributed by atoms with Gasteiger partial charge in [0.15, 0.2) is 0 Å². The Morgan fingerprint density at radius 1 is 1.26 bits per heavy atom. The quantitative estimate of drug-likeness (QED) is 0.653. The summed E-state index contributed by atoms with van der Waals surface area (Å²) in [6, 6.07) is 8.02. The van der Waals surface area contributed by atoms with E-state index in [1.165, 1.54) is 12.4 Å². The third kappa shape index (κ3) is 4.49. The molecule has 2 aromatic heterocycles. The summed E-state index contributed by atoms with van der Waals surface area (Å²) < 4.78 is 0. The van der Waals surface area contributed by atoms with Gasteiger partial charge in [0, 0.05) is 60.1 Å². The number of hydrogen-bond acceptors (Lipinski definition) is 7. The summed E-state index contributed by atoms with van der Waals surface area (Å²) in [5.74, 6) is 0.840. The van der Waals surface area contributed by atoms with Crippen LogP contribution in [0.1, 0.15) is 23.9 Å². The van der Waals surface area contributed by atoms with E-state index >= 15 is 0 Å². The van der Waals surface area contributed by atoms with Crippen LogP contribution in [0.4, 0.5) is 5.95 Å². The molecular weight excluding hydrogens is 340 g/mol. The van der Waals surface area contributed by atoms with Crippen molar-refractivity contribution in [1.82, 2.24) is 20.2 Å². The highest BCUT2D eigenvalue weighted by molar-refractivity contribution is 6.28. The van der Waals surface area contributed by atoms with Crippen molar-refractivity contribution >= 4 is 40.6 Å². The Morgan fingerprint density at radius 3 is 2.85 bits per heavy atom. The first-order chi connectivity index (χ1) is 13.1. The highest BCUT2D eigenvalue weighted by atomic mass is 15.3. The lowest BCUT2D eigenvalue weighted by molar-refractivity contribution is 0.968. The number of fused-ring (bicyclic) bond motifs is 1. The summed E-state index contributed by atoms with van der Waals surface area (Å²) in [6.45, 7) is 1.63. The SMILES string of the molecule is CN=CC(=CN)c1cnc2ccc(Cc3nnc(N=CC(C)=N)[n-]3)cc2c1. The molecular formula is C19H19N8-. The molecule has 2 heterocycles. The number of nitrogens with two attached hydrogens (primary N) is 1. The van der Waals surface area contributed by atoms with Gasteiger partial charge in [0.1, 0.15) is 0 Å². The second-order valence-electron chi connectivity index (χ2n) is 5.91. The van der Waals surface area contributed by atoms with E-state index in [1.54, 1.807) is 26.4 Å². The van der Waals surface area contributed by atoms with Crippen molar-refractivity contribution in [2.75, 3.05) is 7.05 Å². The zero-order valence-corrected chi connectivity index (χ0v) is 15.1. The molecule has 0 aliphatic heterocycles. The van der Waals surface area contributed by atoms with Crippen molar-refractivity contribution in [3.05, 3.63) is 53.6 Å². The average Bonchev–Trinajstić information content (AvgIpc) is 3.11. The molecule has 8 heteroatoms. The van der Waals surface area contributed by atoms with Gasteiger partial charge < -0.3 is 21.1 Å². The second kappa shape index (κ2) is 8.13. The number of hydrogen-bond donors (Lipinski definition) is 2. The van der Waals surface area contributed by atoms with Crippen molar-refractivity contribution < 1.29 is 0 Å². The summed E-state index contributed by atoms with van der Waals surface area (Å²) in [4.78, 5) is 16.8. The van der Waals surface area contributed by atoms with Gasteiger partial charge in [-0.3, -0.25) is 20.2 Å². The Labute approximate surface area is 156 Å². The van der Waals surface area contributed by atoms with Crippen molar-refractivity contribution in [2.24, 2.45) is 15.7 Å². The van der Waals surface area contributed by atoms with Crippen molar-refractivity contribution in [3.63, 3.8) is 0 Å². The highest BCUT2D eigenvalue weighted by Gasteiger charge is 2.04. The van der Waals surface area contributed by atoms with E-state index in [2.05, 4.69) is 30.2 Å². The van der Waals surface area contributed by atoms with Crippen LogP contribution in [0.25, 0.3) is 16.5 Å². The number of rotatable bonds is 6. The van der Waals surface area contributed by atoms with E-state index in [0.717, 1.165) is 27.6 Å². The molecule has 0 bridgehead atoms. The van der Waals surface area contributed by atoms with E-state index in [9.17, 15) is 0 Å². The van der Waals surface area contributed by atoms with Crippen LogP contribution in [-0.4, -0.2) is 40.4 Å². The zero-order valence-electron chi connectivity index (χ0n) is 15.1. The minimum atomic E-state index is 0.262. The number of nitrogens with zero attached hydrogens (tertiary/aromatic N) is 6. The van der Waals surface area contributed by atoms with Gasteiger partial charge in [0.2, 0.25) is 0 Å². The first-order valence-corrected chi connectivity index (χ1v) is 8.27.